The highest BCUT2D eigenvalue weighted by Crippen LogP contribution is 2.37. The average molecular weight is 407 g/mol. The van der Waals surface area contributed by atoms with Gasteiger partial charge in [-0.25, -0.2) is 4.79 Å². The van der Waals surface area contributed by atoms with E-state index in [2.05, 4.69) is 11.4 Å². The molecule has 8 nitrogen and oxygen atoms in total. The van der Waals surface area contributed by atoms with Gasteiger partial charge in [-0.15, -0.1) is 0 Å². The number of benzene rings is 2. The zero-order chi connectivity index (χ0) is 20.9. The van der Waals surface area contributed by atoms with E-state index in [4.69, 9.17) is 9.47 Å². The topological polar surface area (TPSA) is 88.2 Å². The molecule has 2 aromatic carbocycles. The Morgan fingerprint density at radius 2 is 1.87 bits per heavy atom. The van der Waals surface area contributed by atoms with Crippen LogP contribution in [0.2, 0.25) is 0 Å². The SMILES string of the molecule is C[C@@]1(c2ccc3c(c2)OCO3)NC(=O)N(CC(=O)N2CCc3ccccc3C2)C1=O. The van der Waals surface area contributed by atoms with Gasteiger partial charge >= 0.3 is 6.03 Å². The summed E-state index contributed by atoms with van der Waals surface area (Å²) < 4.78 is 10.7. The zero-order valence-electron chi connectivity index (χ0n) is 16.5. The maximum absolute atomic E-state index is 13.2. The summed E-state index contributed by atoms with van der Waals surface area (Å²) in [7, 11) is 0. The number of hydrogen-bond donors (Lipinski definition) is 1. The van der Waals surface area contributed by atoms with E-state index in [1.54, 1.807) is 30.0 Å². The van der Waals surface area contributed by atoms with E-state index in [9.17, 15) is 14.4 Å². The third kappa shape index (κ3) is 2.87. The van der Waals surface area contributed by atoms with Crippen LogP contribution in [0.4, 0.5) is 4.79 Å². The van der Waals surface area contributed by atoms with Crippen LogP contribution in [0.25, 0.3) is 0 Å². The minimum atomic E-state index is -1.27. The number of rotatable bonds is 3. The molecular weight excluding hydrogens is 386 g/mol. The first-order valence-corrected chi connectivity index (χ1v) is 9.84. The summed E-state index contributed by atoms with van der Waals surface area (Å²) >= 11 is 0. The van der Waals surface area contributed by atoms with Crippen molar-refractivity contribution in [2.24, 2.45) is 0 Å². The van der Waals surface area contributed by atoms with Gasteiger partial charge in [0.15, 0.2) is 11.5 Å². The Labute approximate surface area is 173 Å². The zero-order valence-corrected chi connectivity index (χ0v) is 16.5. The first-order valence-electron chi connectivity index (χ1n) is 9.84. The molecular formula is C22H21N3O5. The molecule has 0 radical (unpaired) electrons. The summed E-state index contributed by atoms with van der Waals surface area (Å²) in [6.45, 7) is 2.52. The predicted molar refractivity (Wildman–Crippen MR) is 106 cm³/mol. The second kappa shape index (κ2) is 6.76. The number of ether oxygens (including phenoxy) is 2. The number of urea groups is 1. The van der Waals surface area contributed by atoms with E-state index in [0.29, 0.717) is 30.2 Å². The third-order valence-corrected chi connectivity index (χ3v) is 6.00. The largest absolute Gasteiger partial charge is 0.454 e. The van der Waals surface area contributed by atoms with Crippen LogP contribution in [0.1, 0.15) is 23.6 Å². The van der Waals surface area contributed by atoms with Crippen molar-refractivity contribution in [3.05, 3.63) is 59.2 Å². The van der Waals surface area contributed by atoms with Gasteiger partial charge in [0.05, 0.1) is 0 Å². The lowest BCUT2D eigenvalue weighted by molar-refractivity contribution is -0.139. The molecule has 0 aliphatic carbocycles. The molecule has 0 aromatic heterocycles. The molecule has 0 spiro atoms. The minimum Gasteiger partial charge on any atom is -0.454 e. The summed E-state index contributed by atoms with van der Waals surface area (Å²) in [6, 6.07) is 12.5. The molecule has 1 fully saturated rings. The maximum atomic E-state index is 13.2. The Hall–Kier alpha value is -3.55. The molecule has 3 aliphatic rings. The van der Waals surface area contributed by atoms with Gasteiger partial charge in [-0.1, -0.05) is 30.3 Å². The molecule has 1 atom stereocenters. The van der Waals surface area contributed by atoms with E-state index in [1.807, 2.05) is 18.2 Å². The highest BCUT2D eigenvalue weighted by atomic mass is 16.7. The fourth-order valence-electron chi connectivity index (χ4n) is 4.19. The Morgan fingerprint density at radius 1 is 1.10 bits per heavy atom. The predicted octanol–water partition coefficient (Wildman–Crippen LogP) is 1.77. The standard InChI is InChI=1S/C22H21N3O5/c1-22(16-6-7-17-18(10-16)30-13-29-17)20(27)25(21(28)23-22)12-19(26)24-9-8-14-4-2-3-5-15(14)11-24/h2-7,10H,8-9,11-13H2,1H3,(H,23,28)/t22-/m0/s1. The van der Waals surface area contributed by atoms with Gasteiger partial charge in [0.2, 0.25) is 12.7 Å². The first kappa shape index (κ1) is 18.5. The van der Waals surface area contributed by atoms with Gasteiger partial charge in [-0.2, -0.15) is 0 Å². The molecule has 8 heteroatoms. The first-order chi connectivity index (χ1) is 14.5. The summed E-state index contributed by atoms with van der Waals surface area (Å²) in [5.41, 5.74) is 1.63. The summed E-state index contributed by atoms with van der Waals surface area (Å²) in [5.74, 6) is 0.411. The quantitative estimate of drug-likeness (QED) is 0.784. The van der Waals surface area contributed by atoms with Gasteiger partial charge < -0.3 is 19.7 Å². The van der Waals surface area contributed by atoms with Crippen molar-refractivity contribution in [3.8, 4) is 11.5 Å². The minimum absolute atomic E-state index is 0.120. The number of nitrogens with zero attached hydrogens (tertiary/aromatic N) is 2. The molecule has 2 aromatic rings. The number of carbonyl (C=O) groups is 3. The fraction of sp³-hybridized carbons (Fsp3) is 0.318. The van der Waals surface area contributed by atoms with E-state index in [1.165, 1.54) is 5.56 Å². The van der Waals surface area contributed by atoms with Crippen LogP contribution >= 0.6 is 0 Å². The van der Waals surface area contributed by atoms with Crippen LogP contribution in [0.15, 0.2) is 42.5 Å². The Kier molecular flexibility index (Phi) is 4.16. The van der Waals surface area contributed by atoms with Crippen molar-refractivity contribution < 1.29 is 23.9 Å². The Morgan fingerprint density at radius 3 is 2.70 bits per heavy atom. The molecule has 5 rings (SSSR count). The Balaban J connectivity index is 1.33. The monoisotopic (exact) mass is 407 g/mol. The molecule has 0 unspecified atom stereocenters. The van der Waals surface area contributed by atoms with Crippen LogP contribution in [0, 0.1) is 0 Å². The maximum Gasteiger partial charge on any atom is 0.325 e. The molecule has 30 heavy (non-hydrogen) atoms. The van der Waals surface area contributed by atoms with Crippen molar-refractivity contribution in [2.45, 2.75) is 25.4 Å². The van der Waals surface area contributed by atoms with Crippen molar-refractivity contribution in [3.63, 3.8) is 0 Å². The number of imide groups is 1. The summed E-state index contributed by atoms with van der Waals surface area (Å²) in [6.07, 6.45) is 0.761. The van der Waals surface area contributed by atoms with Gasteiger partial charge in [-0.05, 0) is 42.2 Å². The normalized spacial score (nSPS) is 22.2. The second-order valence-electron chi connectivity index (χ2n) is 7.85. The highest BCUT2D eigenvalue weighted by molar-refractivity contribution is 6.09. The number of nitrogens with one attached hydrogen (secondary N) is 1. The van der Waals surface area contributed by atoms with Crippen LogP contribution in [0.5, 0.6) is 11.5 Å². The van der Waals surface area contributed by atoms with Crippen molar-refractivity contribution in [1.82, 2.24) is 15.1 Å². The smallest absolute Gasteiger partial charge is 0.325 e. The second-order valence-corrected chi connectivity index (χ2v) is 7.85. The van der Waals surface area contributed by atoms with Crippen LogP contribution in [-0.4, -0.2) is 47.5 Å². The number of amides is 4. The number of fused-ring (bicyclic) bond motifs is 2. The highest BCUT2D eigenvalue weighted by Gasteiger charge is 2.50. The van der Waals surface area contributed by atoms with Crippen molar-refractivity contribution in [2.75, 3.05) is 19.9 Å². The molecule has 0 bridgehead atoms. The third-order valence-electron chi connectivity index (χ3n) is 6.00. The molecule has 1 N–H and O–H groups in total. The lowest BCUT2D eigenvalue weighted by atomic mass is 9.91. The van der Waals surface area contributed by atoms with Crippen LogP contribution in [-0.2, 0) is 28.1 Å². The lowest BCUT2D eigenvalue weighted by Crippen LogP contribution is -2.45. The molecule has 4 amide bonds. The van der Waals surface area contributed by atoms with Gasteiger partial charge in [-0.3, -0.25) is 14.5 Å². The molecule has 1 saturated heterocycles. The number of hydrogen-bond acceptors (Lipinski definition) is 5. The van der Waals surface area contributed by atoms with Crippen molar-refractivity contribution >= 4 is 17.8 Å². The van der Waals surface area contributed by atoms with Gasteiger partial charge in [0.1, 0.15) is 12.1 Å². The van der Waals surface area contributed by atoms with Crippen molar-refractivity contribution in [1.29, 1.82) is 0 Å². The van der Waals surface area contributed by atoms with E-state index >= 15 is 0 Å². The summed E-state index contributed by atoms with van der Waals surface area (Å²) in [5, 5.41) is 2.73. The molecule has 3 heterocycles. The molecule has 3 aliphatic heterocycles. The summed E-state index contributed by atoms with van der Waals surface area (Å²) in [4.78, 5) is 41.3. The van der Waals surface area contributed by atoms with Crippen LogP contribution < -0.4 is 14.8 Å². The van der Waals surface area contributed by atoms with E-state index < -0.39 is 17.5 Å². The lowest BCUT2D eigenvalue weighted by Gasteiger charge is -2.30. The van der Waals surface area contributed by atoms with E-state index in [0.717, 1.165) is 16.9 Å². The number of carbonyl (C=O) groups excluding carboxylic acids is 3. The average Bonchev–Trinajstić information content (AvgIpc) is 3.31. The molecule has 154 valence electrons. The van der Waals surface area contributed by atoms with E-state index in [-0.39, 0.29) is 19.2 Å². The Bertz CT molecular complexity index is 1070. The van der Waals surface area contributed by atoms with Gasteiger partial charge in [0.25, 0.3) is 5.91 Å². The van der Waals surface area contributed by atoms with Gasteiger partial charge in [0, 0.05) is 13.1 Å². The molecule has 0 saturated carbocycles. The fourth-order valence-corrected chi connectivity index (χ4v) is 4.19. The van der Waals surface area contributed by atoms with Crippen LogP contribution in [0.3, 0.4) is 0 Å².